The van der Waals surface area contributed by atoms with Crippen LogP contribution < -0.4 is 4.74 Å². The van der Waals surface area contributed by atoms with Crippen molar-refractivity contribution in [3.63, 3.8) is 0 Å². The third kappa shape index (κ3) is 2.97. The van der Waals surface area contributed by atoms with Crippen LogP contribution in [0.15, 0.2) is 24.5 Å². The van der Waals surface area contributed by atoms with Gasteiger partial charge in [0.05, 0.1) is 11.6 Å². The molecule has 0 aliphatic heterocycles. The average molecular weight is 252 g/mol. The van der Waals surface area contributed by atoms with Crippen LogP contribution in [0.4, 0.5) is 0 Å². The van der Waals surface area contributed by atoms with Gasteiger partial charge >= 0.3 is 0 Å². The normalized spacial score (nSPS) is 10.8. The van der Waals surface area contributed by atoms with Crippen LogP contribution in [-0.2, 0) is 0 Å². The maximum absolute atomic E-state index is 6.17. The second kappa shape index (κ2) is 5.19. The average Bonchev–Trinajstić information content (AvgIpc) is 2.79. The fourth-order valence-corrected chi connectivity index (χ4v) is 1.64. The zero-order valence-corrected chi connectivity index (χ0v) is 10.5. The first kappa shape index (κ1) is 11.9. The molecule has 1 heterocycles. The van der Waals surface area contributed by atoms with Gasteiger partial charge in [-0.25, -0.2) is 4.98 Å². The summed E-state index contributed by atoms with van der Waals surface area (Å²) in [5.41, 5.74) is 0.820. The van der Waals surface area contributed by atoms with Crippen LogP contribution in [0.1, 0.15) is 13.8 Å². The molecule has 90 valence electrons. The Morgan fingerprint density at radius 1 is 1.41 bits per heavy atom. The van der Waals surface area contributed by atoms with Gasteiger partial charge in [-0.3, -0.25) is 5.10 Å². The van der Waals surface area contributed by atoms with Crippen LogP contribution in [-0.4, -0.2) is 21.8 Å². The van der Waals surface area contributed by atoms with Crippen molar-refractivity contribution in [1.82, 2.24) is 15.2 Å². The number of nitrogens with zero attached hydrogens (tertiary/aromatic N) is 2. The van der Waals surface area contributed by atoms with E-state index in [1.54, 1.807) is 6.07 Å². The second-order valence-electron chi connectivity index (χ2n) is 4.18. The van der Waals surface area contributed by atoms with Crippen LogP contribution in [0.5, 0.6) is 5.75 Å². The van der Waals surface area contributed by atoms with E-state index in [1.165, 1.54) is 6.33 Å². The summed E-state index contributed by atoms with van der Waals surface area (Å²) in [6, 6.07) is 5.55. The SMILES string of the molecule is CC(C)COc1ccc(-c2ncn[nH]2)c(Cl)c1. The highest BCUT2D eigenvalue weighted by atomic mass is 35.5. The summed E-state index contributed by atoms with van der Waals surface area (Å²) in [6.45, 7) is 4.88. The number of hydrogen-bond acceptors (Lipinski definition) is 3. The van der Waals surface area contributed by atoms with Gasteiger partial charge in [-0.2, -0.15) is 5.10 Å². The van der Waals surface area contributed by atoms with E-state index in [2.05, 4.69) is 29.0 Å². The van der Waals surface area contributed by atoms with Crippen molar-refractivity contribution in [3.8, 4) is 17.1 Å². The Morgan fingerprint density at radius 2 is 2.24 bits per heavy atom. The second-order valence-corrected chi connectivity index (χ2v) is 4.59. The number of aromatic amines is 1. The molecule has 2 rings (SSSR count). The molecule has 17 heavy (non-hydrogen) atoms. The Balaban J connectivity index is 2.17. The number of rotatable bonds is 4. The predicted octanol–water partition coefficient (Wildman–Crippen LogP) is 3.16. The number of hydrogen-bond donors (Lipinski definition) is 1. The quantitative estimate of drug-likeness (QED) is 0.908. The van der Waals surface area contributed by atoms with E-state index in [1.807, 2.05) is 12.1 Å². The van der Waals surface area contributed by atoms with Crippen LogP contribution in [0.3, 0.4) is 0 Å². The summed E-state index contributed by atoms with van der Waals surface area (Å²) in [7, 11) is 0. The van der Waals surface area contributed by atoms with Gasteiger partial charge in [0.1, 0.15) is 12.1 Å². The van der Waals surface area contributed by atoms with Gasteiger partial charge in [0.15, 0.2) is 5.82 Å². The van der Waals surface area contributed by atoms with E-state index >= 15 is 0 Å². The molecule has 0 spiro atoms. The van der Waals surface area contributed by atoms with Crippen LogP contribution in [0.2, 0.25) is 5.02 Å². The Hall–Kier alpha value is -1.55. The summed E-state index contributed by atoms with van der Waals surface area (Å²) in [6.07, 6.45) is 1.45. The summed E-state index contributed by atoms with van der Waals surface area (Å²) >= 11 is 6.17. The third-order valence-corrected chi connectivity index (χ3v) is 2.51. The molecule has 1 N–H and O–H groups in total. The van der Waals surface area contributed by atoms with Crippen LogP contribution in [0.25, 0.3) is 11.4 Å². The first-order valence-corrected chi connectivity index (χ1v) is 5.82. The molecule has 2 aromatic rings. The van der Waals surface area contributed by atoms with E-state index in [0.29, 0.717) is 23.4 Å². The fraction of sp³-hybridized carbons (Fsp3) is 0.333. The highest BCUT2D eigenvalue weighted by Crippen LogP contribution is 2.28. The largest absolute Gasteiger partial charge is 0.493 e. The third-order valence-electron chi connectivity index (χ3n) is 2.19. The predicted molar refractivity (Wildman–Crippen MR) is 67.2 cm³/mol. The molecule has 0 saturated carbocycles. The van der Waals surface area contributed by atoms with Crippen molar-refractivity contribution in [1.29, 1.82) is 0 Å². The summed E-state index contributed by atoms with van der Waals surface area (Å²) < 4.78 is 5.59. The number of halogens is 1. The van der Waals surface area contributed by atoms with Gasteiger partial charge in [-0.15, -0.1) is 0 Å². The van der Waals surface area contributed by atoms with Crippen molar-refractivity contribution >= 4 is 11.6 Å². The van der Waals surface area contributed by atoms with E-state index in [0.717, 1.165) is 11.3 Å². The Bertz CT molecular complexity index is 483. The van der Waals surface area contributed by atoms with Gasteiger partial charge in [-0.1, -0.05) is 25.4 Å². The van der Waals surface area contributed by atoms with Crippen LogP contribution in [0, 0.1) is 5.92 Å². The maximum atomic E-state index is 6.17. The molecule has 0 atom stereocenters. The van der Waals surface area contributed by atoms with Gasteiger partial charge in [0.2, 0.25) is 0 Å². The smallest absolute Gasteiger partial charge is 0.156 e. The molecule has 0 bridgehead atoms. The summed E-state index contributed by atoms with van der Waals surface area (Å²) in [4.78, 5) is 4.06. The van der Waals surface area contributed by atoms with E-state index < -0.39 is 0 Å². The minimum absolute atomic E-state index is 0.489. The first-order chi connectivity index (χ1) is 8.16. The van der Waals surface area contributed by atoms with E-state index in [4.69, 9.17) is 16.3 Å². The highest BCUT2D eigenvalue weighted by molar-refractivity contribution is 6.33. The molecular formula is C12H14ClN3O. The van der Waals surface area contributed by atoms with Crippen molar-refractivity contribution < 1.29 is 4.74 Å². The lowest BCUT2D eigenvalue weighted by molar-refractivity contribution is 0.271. The lowest BCUT2D eigenvalue weighted by Gasteiger charge is -2.09. The summed E-state index contributed by atoms with van der Waals surface area (Å²) in [5.74, 6) is 1.92. The monoisotopic (exact) mass is 251 g/mol. The number of ether oxygens (including phenoxy) is 1. The number of nitrogens with one attached hydrogen (secondary N) is 1. The van der Waals surface area contributed by atoms with Gasteiger partial charge in [-0.05, 0) is 24.1 Å². The molecule has 0 radical (unpaired) electrons. The minimum Gasteiger partial charge on any atom is -0.493 e. The zero-order chi connectivity index (χ0) is 12.3. The van der Waals surface area contributed by atoms with Crippen molar-refractivity contribution in [2.24, 2.45) is 5.92 Å². The van der Waals surface area contributed by atoms with E-state index in [9.17, 15) is 0 Å². The molecule has 0 aliphatic rings. The van der Waals surface area contributed by atoms with Gasteiger partial charge in [0, 0.05) is 5.56 Å². The van der Waals surface area contributed by atoms with Crippen molar-refractivity contribution in [3.05, 3.63) is 29.5 Å². The van der Waals surface area contributed by atoms with Gasteiger partial charge in [0.25, 0.3) is 0 Å². The Kier molecular flexibility index (Phi) is 3.64. The van der Waals surface area contributed by atoms with Crippen molar-refractivity contribution in [2.75, 3.05) is 6.61 Å². The molecule has 1 aromatic heterocycles. The Labute approximate surface area is 105 Å². The zero-order valence-electron chi connectivity index (χ0n) is 9.77. The fourth-order valence-electron chi connectivity index (χ4n) is 1.38. The topological polar surface area (TPSA) is 50.8 Å². The Morgan fingerprint density at radius 3 is 2.82 bits per heavy atom. The number of H-pyrrole nitrogens is 1. The van der Waals surface area contributed by atoms with Crippen molar-refractivity contribution in [2.45, 2.75) is 13.8 Å². The van der Waals surface area contributed by atoms with Gasteiger partial charge < -0.3 is 4.74 Å². The molecule has 0 fully saturated rings. The van der Waals surface area contributed by atoms with E-state index in [-0.39, 0.29) is 0 Å². The number of aromatic nitrogens is 3. The molecule has 0 unspecified atom stereocenters. The molecule has 5 heteroatoms. The molecule has 1 aromatic carbocycles. The first-order valence-electron chi connectivity index (χ1n) is 5.45. The summed E-state index contributed by atoms with van der Waals surface area (Å²) in [5, 5.41) is 7.17. The van der Waals surface area contributed by atoms with Crippen LogP contribution >= 0.6 is 11.6 Å². The highest BCUT2D eigenvalue weighted by Gasteiger charge is 2.07. The lowest BCUT2D eigenvalue weighted by atomic mass is 10.2. The standard InChI is InChI=1S/C12H14ClN3O/c1-8(2)6-17-9-3-4-10(11(13)5-9)12-14-7-15-16-12/h3-5,7-8H,6H2,1-2H3,(H,14,15,16). The molecule has 4 nitrogen and oxygen atoms in total. The molecule has 0 aliphatic carbocycles. The number of benzene rings is 1. The molecular weight excluding hydrogens is 238 g/mol. The lowest BCUT2D eigenvalue weighted by Crippen LogP contribution is -2.04. The maximum Gasteiger partial charge on any atom is 0.156 e. The molecule has 0 saturated heterocycles. The molecule has 0 amide bonds. The minimum atomic E-state index is 0.489.